The van der Waals surface area contributed by atoms with Crippen LogP contribution in [0.4, 0.5) is 5.82 Å². The number of nitrogens with zero attached hydrogens (tertiary/aromatic N) is 2. The van der Waals surface area contributed by atoms with E-state index in [-0.39, 0.29) is 0 Å². The molecule has 0 saturated heterocycles. The van der Waals surface area contributed by atoms with Crippen molar-refractivity contribution in [3.63, 3.8) is 0 Å². The molecular formula is C25H21N3O3. The van der Waals surface area contributed by atoms with Gasteiger partial charge in [0.1, 0.15) is 5.82 Å². The summed E-state index contributed by atoms with van der Waals surface area (Å²) >= 11 is 0. The molecule has 0 fully saturated rings. The molecule has 154 valence electrons. The molecule has 3 aromatic carbocycles. The number of nitrogens with one attached hydrogen (secondary N) is 1. The van der Waals surface area contributed by atoms with Gasteiger partial charge in [-0.1, -0.05) is 60.7 Å². The predicted molar refractivity (Wildman–Crippen MR) is 119 cm³/mol. The van der Waals surface area contributed by atoms with Gasteiger partial charge in [-0.05, 0) is 42.3 Å². The Morgan fingerprint density at radius 2 is 1.48 bits per heavy atom. The number of carbonyl (C=O) groups is 2. The van der Waals surface area contributed by atoms with Crippen LogP contribution in [-0.2, 0) is 9.53 Å². The minimum atomic E-state index is -0.553. The Balaban J connectivity index is 1.37. The molecule has 0 atom stereocenters. The van der Waals surface area contributed by atoms with Crippen LogP contribution >= 0.6 is 0 Å². The number of aryl methyl sites for hydroxylation is 1. The average Bonchev–Trinajstić information content (AvgIpc) is 3.18. The van der Waals surface area contributed by atoms with Crippen LogP contribution in [0.5, 0.6) is 0 Å². The van der Waals surface area contributed by atoms with E-state index in [1.165, 1.54) is 0 Å². The van der Waals surface area contributed by atoms with Crippen LogP contribution in [0.1, 0.15) is 16.1 Å². The van der Waals surface area contributed by atoms with Crippen LogP contribution < -0.4 is 5.32 Å². The third kappa shape index (κ3) is 4.87. The van der Waals surface area contributed by atoms with Gasteiger partial charge >= 0.3 is 5.97 Å². The van der Waals surface area contributed by atoms with Crippen LogP contribution in [0.25, 0.3) is 16.8 Å². The highest BCUT2D eigenvalue weighted by Gasteiger charge is 2.14. The van der Waals surface area contributed by atoms with E-state index < -0.39 is 18.5 Å². The van der Waals surface area contributed by atoms with Gasteiger partial charge in [0.2, 0.25) is 0 Å². The number of amides is 1. The summed E-state index contributed by atoms with van der Waals surface area (Å²) in [6, 6.07) is 28.2. The van der Waals surface area contributed by atoms with Crippen molar-refractivity contribution in [1.82, 2.24) is 9.78 Å². The van der Waals surface area contributed by atoms with Gasteiger partial charge in [0, 0.05) is 6.07 Å². The maximum Gasteiger partial charge on any atom is 0.338 e. The molecule has 0 bridgehead atoms. The van der Waals surface area contributed by atoms with E-state index in [1.54, 1.807) is 22.9 Å². The zero-order chi connectivity index (χ0) is 21.6. The Bertz CT molecular complexity index is 1180. The number of para-hydroxylation sites is 1. The molecule has 1 amide bonds. The molecule has 1 aromatic heterocycles. The van der Waals surface area contributed by atoms with Gasteiger partial charge in [0.25, 0.3) is 5.91 Å². The topological polar surface area (TPSA) is 73.2 Å². The van der Waals surface area contributed by atoms with Crippen LogP contribution in [-0.4, -0.2) is 28.3 Å². The molecule has 0 radical (unpaired) electrons. The lowest BCUT2D eigenvalue weighted by atomic mass is 10.0. The van der Waals surface area contributed by atoms with Crippen molar-refractivity contribution < 1.29 is 14.3 Å². The summed E-state index contributed by atoms with van der Waals surface area (Å²) in [5, 5.41) is 7.16. The van der Waals surface area contributed by atoms with Crippen LogP contribution in [0.2, 0.25) is 0 Å². The largest absolute Gasteiger partial charge is 0.452 e. The number of aromatic nitrogens is 2. The van der Waals surface area contributed by atoms with Crippen molar-refractivity contribution in [2.45, 2.75) is 6.92 Å². The van der Waals surface area contributed by atoms with Gasteiger partial charge in [-0.3, -0.25) is 4.79 Å². The summed E-state index contributed by atoms with van der Waals surface area (Å²) < 4.78 is 6.82. The molecule has 0 aliphatic carbocycles. The second kappa shape index (κ2) is 9.09. The molecule has 4 aromatic rings. The predicted octanol–water partition coefficient (Wildman–Crippen LogP) is 4.64. The molecule has 6 nitrogen and oxygen atoms in total. The smallest absolute Gasteiger partial charge is 0.338 e. The first kappa shape index (κ1) is 20.1. The van der Waals surface area contributed by atoms with E-state index in [0.717, 1.165) is 22.5 Å². The summed E-state index contributed by atoms with van der Waals surface area (Å²) in [4.78, 5) is 24.7. The zero-order valence-electron chi connectivity index (χ0n) is 17.0. The minimum absolute atomic E-state index is 0.387. The van der Waals surface area contributed by atoms with Crippen LogP contribution in [0.15, 0.2) is 91.0 Å². The second-order valence-electron chi connectivity index (χ2n) is 6.99. The minimum Gasteiger partial charge on any atom is -0.452 e. The van der Waals surface area contributed by atoms with E-state index in [0.29, 0.717) is 11.4 Å². The third-order valence-corrected chi connectivity index (χ3v) is 4.66. The van der Waals surface area contributed by atoms with Crippen molar-refractivity contribution in [3.05, 3.63) is 102 Å². The maximum atomic E-state index is 12.4. The van der Waals surface area contributed by atoms with Gasteiger partial charge in [0.05, 0.1) is 16.9 Å². The highest BCUT2D eigenvalue weighted by atomic mass is 16.5. The van der Waals surface area contributed by atoms with Crippen molar-refractivity contribution in [2.24, 2.45) is 0 Å². The third-order valence-electron chi connectivity index (χ3n) is 4.66. The number of carbonyl (C=O) groups excluding carboxylic acids is 2. The fraction of sp³-hybridized carbons (Fsp3) is 0.0800. The lowest BCUT2D eigenvalue weighted by molar-refractivity contribution is -0.119. The van der Waals surface area contributed by atoms with E-state index in [9.17, 15) is 9.59 Å². The quantitative estimate of drug-likeness (QED) is 0.469. The molecule has 0 unspecified atom stereocenters. The summed E-state index contributed by atoms with van der Waals surface area (Å²) in [5.41, 5.74) is 4.03. The molecule has 31 heavy (non-hydrogen) atoms. The van der Waals surface area contributed by atoms with E-state index >= 15 is 0 Å². The lowest BCUT2D eigenvalue weighted by Gasteiger charge is -2.09. The first-order valence-corrected chi connectivity index (χ1v) is 9.85. The first-order chi connectivity index (χ1) is 15.1. The number of anilines is 1. The molecule has 0 aliphatic heterocycles. The van der Waals surface area contributed by atoms with Crippen LogP contribution in [0, 0.1) is 6.92 Å². The molecule has 0 aliphatic rings. The number of hydrogen-bond acceptors (Lipinski definition) is 4. The Labute approximate surface area is 180 Å². The monoisotopic (exact) mass is 411 g/mol. The summed E-state index contributed by atoms with van der Waals surface area (Å²) in [7, 11) is 0. The first-order valence-electron chi connectivity index (χ1n) is 9.85. The Hall–Kier alpha value is -4.19. The van der Waals surface area contributed by atoms with Crippen LogP contribution in [0.3, 0.4) is 0 Å². The number of benzene rings is 3. The van der Waals surface area contributed by atoms with E-state index in [1.807, 2.05) is 79.7 Å². The average molecular weight is 411 g/mol. The fourth-order valence-corrected chi connectivity index (χ4v) is 3.18. The Morgan fingerprint density at radius 3 is 2.16 bits per heavy atom. The number of esters is 1. The number of hydrogen-bond donors (Lipinski definition) is 1. The second-order valence-corrected chi connectivity index (χ2v) is 6.99. The Kier molecular flexibility index (Phi) is 5.89. The standard InChI is InChI=1S/C25H21N3O3/c1-18-16-23(28(27-18)22-10-6-3-7-11-22)26-24(29)17-31-25(30)21-14-12-20(13-15-21)19-8-4-2-5-9-19/h2-16H,17H2,1H3,(H,26,29). The summed E-state index contributed by atoms with van der Waals surface area (Å²) in [6.07, 6.45) is 0. The molecule has 1 N–H and O–H groups in total. The van der Waals surface area contributed by atoms with Gasteiger partial charge < -0.3 is 10.1 Å². The van der Waals surface area contributed by atoms with Gasteiger partial charge in [-0.15, -0.1) is 0 Å². The van der Waals surface area contributed by atoms with Gasteiger partial charge in [-0.2, -0.15) is 5.10 Å². The van der Waals surface area contributed by atoms with E-state index in [4.69, 9.17) is 4.74 Å². The normalized spacial score (nSPS) is 10.5. The number of ether oxygens (including phenoxy) is 1. The molecule has 1 heterocycles. The lowest BCUT2D eigenvalue weighted by Crippen LogP contribution is -2.22. The molecule has 0 spiro atoms. The van der Waals surface area contributed by atoms with Crippen molar-refractivity contribution in [3.8, 4) is 16.8 Å². The van der Waals surface area contributed by atoms with Crippen molar-refractivity contribution in [2.75, 3.05) is 11.9 Å². The van der Waals surface area contributed by atoms with Crippen molar-refractivity contribution in [1.29, 1.82) is 0 Å². The van der Waals surface area contributed by atoms with Gasteiger partial charge in [-0.25, -0.2) is 9.48 Å². The fourth-order valence-electron chi connectivity index (χ4n) is 3.18. The maximum absolute atomic E-state index is 12.4. The summed E-state index contributed by atoms with van der Waals surface area (Å²) in [5.74, 6) is -0.481. The SMILES string of the molecule is Cc1cc(NC(=O)COC(=O)c2ccc(-c3ccccc3)cc2)n(-c2ccccc2)n1. The molecular weight excluding hydrogens is 390 g/mol. The highest BCUT2D eigenvalue weighted by molar-refractivity contribution is 5.95. The molecule has 6 heteroatoms. The van der Waals surface area contributed by atoms with E-state index in [2.05, 4.69) is 10.4 Å². The molecule has 4 rings (SSSR count). The highest BCUT2D eigenvalue weighted by Crippen LogP contribution is 2.20. The Morgan fingerprint density at radius 1 is 0.871 bits per heavy atom. The van der Waals surface area contributed by atoms with Crippen molar-refractivity contribution >= 4 is 17.7 Å². The molecule has 0 saturated carbocycles. The summed E-state index contributed by atoms with van der Waals surface area (Å²) in [6.45, 7) is 1.45. The number of rotatable bonds is 6. The zero-order valence-corrected chi connectivity index (χ0v) is 17.0. The van der Waals surface area contributed by atoms with Gasteiger partial charge in [0.15, 0.2) is 6.61 Å².